The third-order valence-electron chi connectivity index (χ3n) is 2.31. The summed E-state index contributed by atoms with van der Waals surface area (Å²) in [5, 5.41) is 8.76. The maximum absolute atomic E-state index is 12.8. The van der Waals surface area contributed by atoms with Gasteiger partial charge in [-0.15, -0.1) is 11.3 Å². The molecule has 2 nitrogen and oxygen atoms in total. The van der Waals surface area contributed by atoms with Crippen LogP contribution < -0.4 is 0 Å². The number of carbonyl (C=O) groups is 1. The van der Waals surface area contributed by atoms with Crippen molar-refractivity contribution >= 4 is 17.3 Å². The largest absolute Gasteiger partial charge is 0.477 e. The van der Waals surface area contributed by atoms with Gasteiger partial charge in [0.15, 0.2) is 0 Å². The minimum absolute atomic E-state index is 0.00231. The Morgan fingerprint density at radius 3 is 2.33 bits per heavy atom. The molecule has 1 aromatic carbocycles. The number of thiophene rings is 1. The first kappa shape index (κ1) is 12.6. The molecule has 6 heteroatoms. The number of hydrogen-bond acceptors (Lipinski definition) is 2. The Kier molecular flexibility index (Phi) is 3.13. The summed E-state index contributed by atoms with van der Waals surface area (Å²) in [4.78, 5) is 11.0. The summed E-state index contributed by atoms with van der Waals surface area (Å²) in [5.41, 5.74) is -0.758. The van der Waals surface area contributed by atoms with Crippen molar-refractivity contribution in [2.24, 2.45) is 0 Å². The third-order valence-corrected chi connectivity index (χ3v) is 3.42. The molecule has 0 bridgehead atoms. The quantitative estimate of drug-likeness (QED) is 0.892. The second-order valence-corrected chi connectivity index (χ2v) is 4.60. The van der Waals surface area contributed by atoms with E-state index in [2.05, 4.69) is 0 Å². The van der Waals surface area contributed by atoms with Crippen LogP contribution in [0.5, 0.6) is 0 Å². The van der Waals surface area contributed by atoms with Gasteiger partial charge in [-0.1, -0.05) is 18.2 Å². The van der Waals surface area contributed by atoms with Crippen LogP contribution in [-0.2, 0) is 6.18 Å². The minimum Gasteiger partial charge on any atom is -0.477 e. The first-order valence-corrected chi connectivity index (χ1v) is 5.71. The van der Waals surface area contributed by atoms with Crippen molar-refractivity contribution in [3.05, 3.63) is 46.8 Å². The van der Waals surface area contributed by atoms with Gasteiger partial charge in [0, 0.05) is 10.4 Å². The molecular weight excluding hydrogens is 265 g/mol. The molecule has 0 saturated carbocycles. The molecule has 94 valence electrons. The van der Waals surface area contributed by atoms with Gasteiger partial charge in [-0.3, -0.25) is 0 Å². The van der Waals surface area contributed by atoms with E-state index in [1.165, 1.54) is 30.3 Å². The smallest absolute Gasteiger partial charge is 0.417 e. The number of aromatic carboxylic acids is 1. The highest BCUT2D eigenvalue weighted by molar-refractivity contribution is 7.17. The molecule has 2 aromatic rings. The lowest BCUT2D eigenvalue weighted by Gasteiger charge is -2.10. The van der Waals surface area contributed by atoms with E-state index >= 15 is 0 Å². The van der Waals surface area contributed by atoms with Crippen LogP contribution in [-0.4, -0.2) is 11.1 Å². The van der Waals surface area contributed by atoms with E-state index in [0.717, 1.165) is 17.4 Å². The molecule has 0 saturated heterocycles. The highest BCUT2D eigenvalue weighted by Gasteiger charge is 2.33. The summed E-state index contributed by atoms with van der Waals surface area (Å²) in [7, 11) is 0. The van der Waals surface area contributed by atoms with Crippen molar-refractivity contribution in [1.29, 1.82) is 0 Å². The van der Waals surface area contributed by atoms with Crippen LogP contribution in [0.1, 0.15) is 15.2 Å². The molecule has 0 unspecified atom stereocenters. The van der Waals surface area contributed by atoms with Gasteiger partial charge in [-0.2, -0.15) is 13.2 Å². The van der Waals surface area contributed by atoms with Crippen LogP contribution in [0.2, 0.25) is 0 Å². The number of carboxylic acids is 1. The molecule has 0 aliphatic carbocycles. The van der Waals surface area contributed by atoms with Gasteiger partial charge >= 0.3 is 12.1 Å². The molecule has 0 fully saturated rings. The van der Waals surface area contributed by atoms with E-state index in [1.807, 2.05) is 0 Å². The van der Waals surface area contributed by atoms with E-state index in [0.29, 0.717) is 4.88 Å². The van der Waals surface area contributed by atoms with Gasteiger partial charge < -0.3 is 5.11 Å². The van der Waals surface area contributed by atoms with Crippen molar-refractivity contribution in [1.82, 2.24) is 0 Å². The SMILES string of the molecule is O=C(O)c1ccc(-c2ccccc2C(F)(F)F)s1. The Labute approximate surface area is 104 Å². The van der Waals surface area contributed by atoms with Crippen molar-refractivity contribution in [2.75, 3.05) is 0 Å². The van der Waals surface area contributed by atoms with Crippen LogP contribution in [0.4, 0.5) is 13.2 Å². The highest BCUT2D eigenvalue weighted by Crippen LogP contribution is 2.39. The van der Waals surface area contributed by atoms with Crippen LogP contribution in [0.15, 0.2) is 36.4 Å². The second kappa shape index (κ2) is 4.45. The maximum Gasteiger partial charge on any atom is 0.417 e. The molecule has 0 amide bonds. The predicted octanol–water partition coefficient (Wildman–Crippen LogP) is 4.13. The Bertz CT molecular complexity index is 587. The summed E-state index contributed by atoms with van der Waals surface area (Å²) in [6.45, 7) is 0. The molecule has 0 spiro atoms. The number of carboxylic acid groups (broad SMARTS) is 1. The normalized spacial score (nSPS) is 11.5. The first-order chi connectivity index (χ1) is 8.39. The van der Waals surface area contributed by atoms with Crippen LogP contribution in [0, 0.1) is 0 Å². The zero-order valence-corrected chi connectivity index (χ0v) is 9.68. The average Bonchev–Trinajstić information content (AvgIpc) is 2.77. The third kappa shape index (κ3) is 2.38. The zero-order valence-electron chi connectivity index (χ0n) is 8.86. The Balaban J connectivity index is 2.53. The summed E-state index contributed by atoms with van der Waals surface area (Å²) >= 11 is 0.825. The fourth-order valence-corrected chi connectivity index (χ4v) is 2.43. The van der Waals surface area contributed by atoms with Crippen LogP contribution >= 0.6 is 11.3 Å². The van der Waals surface area contributed by atoms with Crippen molar-refractivity contribution in [3.63, 3.8) is 0 Å². The van der Waals surface area contributed by atoms with Gasteiger partial charge in [0.05, 0.1) is 5.56 Å². The van der Waals surface area contributed by atoms with E-state index in [1.54, 1.807) is 0 Å². The Morgan fingerprint density at radius 2 is 1.78 bits per heavy atom. The highest BCUT2D eigenvalue weighted by atomic mass is 32.1. The summed E-state index contributed by atoms with van der Waals surface area (Å²) in [6, 6.07) is 7.80. The molecule has 0 aliphatic heterocycles. The number of rotatable bonds is 2. The lowest BCUT2D eigenvalue weighted by atomic mass is 10.1. The number of hydrogen-bond donors (Lipinski definition) is 1. The van der Waals surface area contributed by atoms with Crippen molar-refractivity contribution < 1.29 is 23.1 Å². The topological polar surface area (TPSA) is 37.3 Å². The van der Waals surface area contributed by atoms with Crippen molar-refractivity contribution in [3.8, 4) is 10.4 Å². The predicted molar refractivity (Wildman–Crippen MR) is 61.7 cm³/mol. The molecule has 1 N–H and O–H groups in total. The van der Waals surface area contributed by atoms with Crippen LogP contribution in [0.25, 0.3) is 10.4 Å². The Hall–Kier alpha value is -1.82. The Morgan fingerprint density at radius 1 is 1.11 bits per heavy atom. The lowest BCUT2D eigenvalue weighted by Crippen LogP contribution is -2.06. The van der Waals surface area contributed by atoms with E-state index in [-0.39, 0.29) is 10.4 Å². The van der Waals surface area contributed by atoms with E-state index < -0.39 is 17.7 Å². The average molecular weight is 272 g/mol. The minimum atomic E-state index is -4.45. The van der Waals surface area contributed by atoms with Gasteiger partial charge in [0.25, 0.3) is 0 Å². The summed E-state index contributed by atoms with van der Waals surface area (Å²) in [5.74, 6) is -1.14. The molecular formula is C12H7F3O2S. The molecule has 0 aliphatic rings. The lowest BCUT2D eigenvalue weighted by molar-refractivity contribution is -0.137. The second-order valence-electron chi connectivity index (χ2n) is 3.51. The molecule has 1 heterocycles. The van der Waals surface area contributed by atoms with Crippen molar-refractivity contribution in [2.45, 2.75) is 6.18 Å². The van der Waals surface area contributed by atoms with Gasteiger partial charge in [0.2, 0.25) is 0 Å². The summed E-state index contributed by atoms with van der Waals surface area (Å²) < 4.78 is 38.4. The van der Waals surface area contributed by atoms with Gasteiger partial charge in [0.1, 0.15) is 4.88 Å². The standard InChI is InChI=1S/C12H7F3O2S/c13-12(14,15)8-4-2-1-3-7(8)9-5-6-10(18-9)11(16)17/h1-6H,(H,16,17). The summed E-state index contributed by atoms with van der Waals surface area (Å²) in [6.07, 6.45) is -4.45. The number of alkyl halides is 3. The monoisotopic (exact) mass is 272 g/mol. The molecule has 2 rings (SSSR count). The fraction of sp³-hybridized carbons (Fsp3) is 0.0833. The van der Waals surface area contributed by atoms with E-state index in [9.17, 15) is 18.0 Å². The first-order valence-electron chi connectivity index (χ1n) is 4.89. The van der Waals surface area contributed by atoms with E-state index in [4.69, 9.17) is 5.11 Å². The van der Waals surface area contributed by atoms with Gasteiger partial charge in [-0.05, 0) is 18.2 Å². The van der Waals surface area contributed by atoms with Crippen LogP contribution in [0.3, 0.4) is 0 Å². The number of benzene rings is 1. The molecule has 0 radical (unpaired) electrons. The van der Waals surface area contributed by atoms with Gasteiger partial charge in [-0.25, -0.2) is 4.79 Å². The molecule has 18 heavy (non-hydrogen) atoms. The zero-order chi connectivity index (χ0) is 13.3. The number of halogens is 3. The molecule has 0 atom stereocenters. The maximum atomic E-state index is 12.8. The fourth-order valence-electron chi connectivity index (χ4n) is 1.54. The molecule has 1 aromatic heterocycles.